The number of rotatable bonds is 9. The molecule has 0 aromatic heterocycles. The van der Waals surface area contributed by atoms with Crippen molar-refractivity contribution in [3.8, 4) is 23.3 Å². The second kappa shape index (κ2) is 12.3. The average molecular weight is 604 g/mol. The Bertz CT molecular complexity index is 1480. The van der Waals surface area contributed by atoms with Crippen LogP contribution in [-0.2, 0) is 17.9 Å². The third-order valence-corrected chi connectivity index (χ3v) is 6.59. The topological polar surface area (TPSA) is 80.6 Å². The highest BCUT2D eigenvalue weighted by atomic mass is 127. The SMILES string of the molecule is COc1ccc(CNC(=O)/C(C#N)=C\c2cc(I)c(OCc3cccc4ccccc34)c(OC)c2)cc1. The molecule has 0 unspecified atom stereocenters. The molecule has 0 saturated carbocycles. The molecule has 0 aliphatic rings. The lowest BCUT2D eigenvalue weighted by molar-refractivity contribution is -0.117. The van der Waals surface area contributed by atoms with Gasteiger partial charge in [-0.05, 0) is 80.4 Å². The van der Waals surface area contributed by atoms with E-state index in [0.29, 0.717) is 30.2 Å². The van der Waals surface area contributed by atoms with Crippen LogP contribution in [0.3, 0.4) is 0 Å². The van der Waals surface area contributed by atoms with Gasteiger partial charge in [0.15, 0.2) is 11.5 Å². The number of carbonyl (C=O) groups is 1. The molecule has 0 heterocycles. The van der Waals surface area contributed by atoms with Gasteiger partial charge in [-0.1, -0.05) is 54.6 Å². The number of nitriles is 1. The van der Waals surface area contributed by atoms with Gasteiger partial charge in [0.2, 0.25) is 0 Å². The maximum absolute atomic E-state index is 12.7. The number of benzene rings is 4. The third-order valence-electron chi connectivity index (χ3n) is 5.79. The highest BCUT2D eigenvalue weighted by Gasteiger charge is 2.15. The maximum Gasteiger partial charge on any atom is 0.262 e. The zero-order valence-corrected chi connectivity index (χ0v) is 22.6. The lowest BCUT2D eigenvalue weighted by Crippen LogP contribution is -2.23. The number of hydrogen-bond acceptors (Lipinski definition) is 5. The van der Waals surface area contributed by atoms with Crippen LogP contribution in [0, 0.1) is 14.9 Å². The van der Waals surface area contributed by atoms with Crippen molar-refractivity contribution in [2.45, 2.75) is 13.2 Å². The van der Waals surface area contributed by atoms with Crippen LogP contribution in [0.15, 0.2) is 84.4 Å². The Kier molecular flexibility index (Phi) is 8.64. The Morgan fingerprint density at radius 3 is 2.49 bits per heavy atom. The first-order valence-electron chi connectivity index (χ1n) is 11.5. The van der Waals surface area contributed by atoms with Crippen LogP contribution in [0.1, 0.15) is 16.7 Å². The third kappa shape index (κ3) is 6.40. The van der Waals surface area contributed by atoms with Crippen LogP contribution < -0.4 is 19.5 Å². The molecule has 1 amide bonds. The van der Waals surface area contributed by atoms with Gasteiger partial charge in [-0.25, -0.2) is 0 Å². The maximum atomic E-state index is 12.7. The number of nitrogens with one attached hydrogen (secondary N) is 1. The Hall–Kier alpha value is -4.03. The highest BCUT2D eigenvalue weighted by molar-refractivity contribution is 14.1. The molecule has 1 N–H and O–H groups in total. The molecule has 7 heteroatoms. The number of carbonyl (C=O) groups excluding carboxylic acids is 1. The van der Waals surface area contributed by atoms with E-state index in [0.717, 1.165) is 31.2 Å². The van der Waals surface area contributed by atoms with E-state index in [1.54, 1.807) is 26.4 Å². The van der Waals surface area contributed by atoms with Gasteiger partial charge >= 0.3 is 0 Å². The van der Waals surface area contributed by atoms with E-state index >= 15 is 0 Å². The Morgan fingerprint density at radius 1 is 1.00 bits per heavy atom. The second-order valence-corrected chi connectivity index (χ2v) is 9.32. The van der Waals surface area contributed by atoms with Crippen molar-refractivity contribution < 1.29 is 19.0 Å². The number of fused-ring (bicyclic) bond motifs is 1. The molecule has 0 radical (unpaired) electrons. The predicted octanol–water partition coefficient (Wildman–Crippen LogP) is 6.26. The summed E-state index contributed by atoms with van der Waals surface area (Å²) in [5, 5.41) is 14.7. The molecule has 0 bridgehead atoms. The summed E-state index contributed by atoms with van der Waals surface area (Å²) in [6.07, 6.45) is 1.54. The van der Waals surface area contributed by atoms with Gasteiger partial charge < -0.3 is 19.5 Å². The molecule has 0 fully saturated rings. The number of methoxy groups -OCH3 is 2. The van der Waals surface area contributed by atoms with E-state index in [4.69, 9.17) is 14.2 Å². The van der Waals surface area contributed by atoms with Gasteiger partial charge in [-0.3, -0.25) is 4.79 Å². The quantitative estimate of drug-likeness (QED) is 0.139. The van der Waals surface area contributed by atoms with E-state index in [9.17, 15) is 10.1 Å². The van der Waals surface area contributed by atoms with Crippen molar-refractivity contribution in [3.63, 3.8) is 0 Å². The zero-order chi connectivity index (χ0) is 26.2. The minimum Gasteiger partial charge on any atom is -0.497 e. The van der Waals surface area contributed by atoms with Crippen LogP contribution in [0.4, 0.5) is 0 Å². The number of amides is 1. The van der Waals surface area contributed by atoms with Crippen LogP contribution in [-0.4, -0.2) is 20.1 Å². The summed E-state index contributed by atoms with van der Waals surface area (Å²) in [5.74, 6) is 1.41. The van der Waals surface area contributed by atoms with Gasteiger partial charge in [-0.2, -0.15) is 5.26 Å². The minimum absolute atomic E-state index is 0.00390. The van der Waals surface area contributed by atoms with Crippen molar-refractivity contribution in [1.29, 1.82) is 5.26 Å². The van der Waals surface area contributed by atoms with Crippen molar-refractivity contribution >= 4 is 45.3 Å². The lowest BCUT2D eigenvalue weighted by atomic mass is 10.1. The van der Waals surface area contributed by atoms with Gasteiger partial charge in [-0.15, -0.1) is 0 Å². The molecule has 4 aromatic rings. The molecule has 37 heavy (non-hydrogen) atoms. The Morgan fingerprint density at radius 2 is 1.76 bits per heavy atom. The molecule has 0 aliphatic carbocycles. The van der Waals surface area contributed by atoms with Crippen LogP contribution in [0.2, 0.25) is 0 Å². The van der Waals surface area contributed by atoms with Gasteiger partial charge in [0.1, 0.15) is 24.0 Å². The molecule has 186 valence electrons. The lowest BCUT2D eigenvalue weighted by Gasteiger charge is -2.15. The number of ether oxygens (including phenoxy) is 3. The summed E-state index contributed by atoms with van der Waals surface area (Å²) in [6, 6.07) is 27.3. The number of nitrogens with zero attached hydrogens (tertiary/aromatic N) is 1. The first-order chi connectivity index (χ1) is 18.0. The number of halogens is 1. The zero-order valence-electron chi connectivity index (χ0n) is 20.5. The molecule has 0 saturated heterocycles. The summed E-state index contributed by atoms with van der Waals surface area (Å²) in [6.45, 7) is 0.670. The van der Waals surface area contributed by atoms with Crippen molar-refractivity contribution in [3.05, 3.63) is 105 Å². The molecule has 0 spiro atoms. The largest absolute Gasteiger partial charge is 0.497 e. The highest BCUT2D eigenvalue weighted by Crippen LogP contribution is 2.35. The summed E-state index contributed by atoms with van der Waals surface area (Å²) in [4.78, 5) is 12.7. The summed E-state index contributed by atoms with van der Waals surface area (Å²) in [7, 11) is 3.16. The average Bonchev–Trinajstić information content (AvgIpc) is 2.94. The fraction of sp³-hybridized carbons (Fsp3) is 0.133. The van der Waals surface area contributed by atoms with E-state index < -0.39 is 5.91 Å². The second-order valence-electron chi connectivity index (χ2n) is 8.16. The van der Waals surface area contributed by atoms with Crippen LogP contribution in [0.5, 0.6) is 17.2 Å². The van der Waals surface area contributed by atoms with Crippen molar-refractivity contribution in [2.24, 2.45) is 0 Å². The van der Waals surface area contributed by atoms with Crippen LogP contribution >= 0.6 is 22.6 Å². The molecular weight excluding hydrogens is 579 g/mol. The van der Waals surface area contributed by atoms with Gasteiger partial charge in [0.05, 0.1) is 17.8 Å². The van der Waals surface area contributed by atoms with Crippen molar-refractivity contribution in [2.75, 3.05) is 14.2 Å². The van der Waals surface area contributed by atoms with E-state index in [2.05, 4.69) is 46.1 Å². The van der Waals surface area contributed by atoms with Crippen molar-refractivity contribution in [1.82, 2.24) is 5.32 Å². The monoisotopic (exact) mass is 604 g/mol. The summed E-state index contributed by atoms with van der Waals surface area (Å²) < 4.78 is 17.7. The normalized spacial score (nSPS) is 11.0. The van der Waals surface area contributed by atoms with E-state index in [1.165, 1.54) is 0 Å². The molecule has 0 aliphatic heterocycles. The fourth-order valence-corrected chi connectivity index (χ4v) is 4.65. The summed E-state index contributed by atoms with van der Waals surface area (Å²) in [5.41, 5.74) is 2.63. The number of hydrogen-bond donors (Lipinski definition) is 1. The molecule has 4 rings (SSSR count). The smallest absolute Gasteiger partial charge is 0.262 e. The molecule has 0 atom stereocenters. The standard InChI is InChI=1S/C30H25IN2O4/c1-35-25-12-10-20(11-13-25)18-33-30(34)24(17-32)14-21-15-27(31)29(28(16-21)36-2)37-19-23-8-5-7-22-6-3-4-9-26(22)23/h3-16H,18-19H2,1-2H3,(H,33,34)/b24-14-. The first-order valence-corrected chi connectivity index (χ1v) is 12.6. The molecular formula is C30H25IN2O4. The van der Waals surface area contributed by atoms with Crippen LogP contribution in [0.25, 0.3) is 16.8 Å². The first kappa shape index (κ1) is 26.0. The molecule has 6 nitrogen and oxygen atoms in total. The van der Waals surface area contributed by atoms with Gasteiger partial charge in [0, 0.05) is 6.54 Å². The Balaban J connectivity index is 1.50. The fourth-order valence-electron chi connectivity index (χ4n) is 3.87. The van der Waals surface area contributed by atoms with E-state index in [-0.39, 0.29) is 5.57 Å². The predicted molar refractivity (Wildman–Crippen MR) is 152 cm³/mol. The Labute approximate surface area is 229 Å². The molecule has 4 aromatic carbocycles. The van der Waals surface area contributed by atoms with Gasteiger partial charge in [0.25, 0.3) is 5.91 Å². The van der Waals surface area contributed by atoms with E-state index in [1.807, 2.05) is 60.7 Å². The minimum atomic E-state index is -0.455. The summed E-state index contributed by atoms with van der Waals surface area (Å²) >= 11 is 2.17.